The predicted molar refractivity (Wildman–Crippen MR) is 259 cm³/mol. The van der Waals surface area contributed by atoms with Gasteiger partial charge in [0.15, 0.2) is 0 Å². The van der Waals surface area contributed by atoms with E-state index in [1.54, 1.807) is 81.6 Å². The first-order valence-electron chi connectivity index (χ1n) is 22.8. The highest BCUT2D eigenvalue weighted by atomic mass is 16.6. The van der Waals surface area contributed by atoms with Crippen molar-refractivity contribution in [1.82, 2.24) is 30.7 Å². The molecule has 0 radical (unpaired) electrons. The van der Waals surface area contributed by atoms with E-state index in [-0.39, 0.29) is 45.4 Å². The summed E-state index contributed by atoms with van der Waals surface area (Å²) in [6.07, 6.45) is 0.268. The maximum absolute atomic E-state index is 14.9. The predicted octanol–water partition coefficient (Wildman–Crippen LogP) is 5.70. The van der Waals surface area contributed by atoms with Crippen LogP contribution in [0.1, 0.15) is 68.7 Å². The van der Waals surface area contributed by atoms with E-state index in [1.807, 2.05) is 60.7 Å². The molecule has 4 aromatic carbocycles. The van der Waals surface area contributed by atoms with Gasteiger partial charge in [-0.1, -0.05) is 109 Å². The summed E-state index contributed by atoms with van der Waals surface area (Å²) in [6, 6.07) is 29.2. The van der Waals surface area contributed by atoms with E-state index in [1.165, 1.54) is 14.1 Å². The van der Waals surface area contributed by atoms with Crippen LogP contribution in [0.15, 0.2) is 121 Å². The molecule has 0 saturated heterocycles. The van der Waals surface area contributed by atoms with E-state index in [0.29, 0.717) is 23.1 Å². The number of nitrogens with zero attached hydrogens (tertiary/aromatic N) is 2. The number of nitrogens with two attached hydrogens (primary N) is 1. The van der Waals surface area contributed by atoms with Crippen LogP contribution >= 0.6 is 0 Å². The maximum Gasteiger partial charge on any atom is 0.408 e. The van der Waals surface area contributed by atoms with Crippen molar-refractivity contribution in [3.05, 3.63) is 144 Å². The molecule has 5 rings (SSSR count). The number of fused-ring (bicyclic) bond motifs is 1. The first-order valence-corrected chi connectivity index (χ1v) is 22.8. The van der Waals surface area contributed by atoms with Crippen LogP contribution < -0.4 is 21.7 Å². The molecular formula is C52H63N7O10. The van der Waals surface area contributed by atoms with Gasteiger partial charge in [-0.05, 0) is 68.4 Å². The third-order valence-corrected chi connectivity index (χ3v) is 11.2. The molecule has 1 heterocycles. The minimum atomic E-state index is -1.54. The second-order valence-corrected chi connectivity index (χ2v) is 17.7. The Morgan fingerprint density at radius 2 is 1.20 bits per heavy atom. The highest BCUT2D eigenvalue weighted by Crippen LogP contribution is 2.21. The molecule has 0 unspecified atom stereocenters. The fourth-order valence-corrected chi connectivity index (χ4v) is 7.55. The van der Waals surface area contributed by atoms with Gasteiger partial charge in [0.1, 0.15) is 43.0 Å². The Kier molecular flexibility index (Phi) is 19.3. The number of primary amides is 1. The van der Waals surface area contributed by atoms with Crippen LogP contribution in [0.4, 0.5) is 9.59 Å². The molecule has 0 aliphatic rings. The average molecular weight is 946 g/mol. The number of hydrogen-bond acceptors (Lipinski definition) is 10. The van der Waals surface area contributed by atoms with Gasteiger partial charge in [-0.25, -0.2) is 9.59 Å². The normalized spacial score (nSPS) is 12.9. The van der Waals surface area contributed by atoms with Crippen LogP contribution in [0, 0.1) is 0 Å². The van der Waals surface area contributed by atoms with Crippen LogP contribution in [0.25, 0.3) is 10.9 Å². The Morgan fingerprint density at radius 3 is 1.81 bits per heavy atom. The van der Waals surface area contributed by atoms with Gasteiger partial charge in [-0.15, -0.1) is 0 Å². The first kappa shape index (κ1) is 52.3. The number of hydrogen-bond donors (Lipinski definition) is 5. The van der Waals surface area contributed by atoms with Gasteiger partial charge >= 0.3 is 18.2 Å². The molecule has 5 aromatic rings. The Labute approximate surface area is 402 Å². The number of para-hydroxylation sites is 1. The zero-order valence-electron chi connectivity index (χ0n) is 39.8. The van der Waals surface area contributed by atoms with Gasteiger partial charge in [0.2, 0.25) is 23.6 Å². The summed E-state index contributed by atoms with van der Waals surface area (Å²) in [4.78, 5) is 102. The molecule has 6 N–H and O–H groups in total. The Morgan fingerprint density at radius 1 is 0.638 bits per heavy atom. The van der Waals surface area contributed by atoms with Crippen molar-refractivity contribution in [3.8, 4) is 0 Å². The van der Waals surface area contributed by atoms with Crippen LogP contribution in [-0.2, 0) is 64.2 Å². The van der Waals surface area contributed by atoms with E-state index in [0.717, 1.165) is 26.3 Å². The molecule has 17 nitrogen and oxygen atoms in total. The van der Waals surface area contributed by atoms with Crippen molar-refractivity contribution in [2.45, 2.75) is 102 Å². The summed E-state index contributed by atoms with van der Waals surface area (Å²) in [5.74, 6) is -3.90. The van der Waals surface area contributed by atoms with E-state index < -0.39 is 78.0 Å². The monoisotopic (exact) mass is 945 g/mol. The number of rotatable bonds is 23. The second-order valence-electron chi connectivity index (χ2n) is 17.7. The third-order valence-electron chi connectivity index (χ3n) is 11.2. The number of H-pyrrole nitrogens is 1. The smallest absolute Gasteiger partial charge is 0.408 e. The van der Waals surface area contributed by atoms with Gasteiger partial charge in [0.05, 0.1) is 6.42 Å². The number of unbranched alkanes of at least 4 members (excludes halogenated alkanes) is 1. The van der Waals surface area contributed by atoms with Crippen LogP contribution in [0.3, 0.4) is 0 Å². The maximum atomic E-state index is 14.9. The number of likely N-dealkylation sites (N-methyl/N-ethyl adjacent to an activating group) is 2. The molecule has 366 valence electrons. The lowest BCUT2D eigenvalue weighted by Gasteiger charge is -2.35. The van der Waals surface area contributed by atoms with Crippen molar-refractivity contribution in [2.75, 3.05) is 20.6 Å². The standard InChI is InChI=1S/C52H63N7O10/c1-52(2,3)69-51(66)57-42(30-38-32-55-40-26-16-15-25-39(38)40)47(62)56-41(27-17-18-28-54-50(65)68-34-37-23-13-8-14-24-37)48(63)59(5)44(31-45(60)67-33-36-21-11-7-12-22-36)49(64)58(4)43(46(53)61)29-35-19-9-6-10-20-35/h6-16,19-26,32,41-44,55H,17-18,27-31,33-34H2,1-5H3,(H2,53,61)(H,54,65)(H,56,62)(H,57,66)/t41-,42-,43-,44-/m0/s1. The van der Waals surface area contributed by atoms with Gasteiger partial charge in [0.25, 0.3) is 0 Å². The number of ether oxygens (including phenoxy) is 3. The van der Waals surface area contributed by atoms with Crippen molar-refractivity contribution >= 4 is 52.7 Å². The number of aromatic nitrogens is 1. The molecule has 1 aromatic heterocycles. The van der Waals surface area contributed by atoms with Crippen LogP contribution in [-0.4, -0.2) is 107 Å². The fourth-order valence-electron chi connectivity index (χ4n) is 7.55. The number of alkyl carbamates (subject to hydrolysis) is 2. The summed E-state index contributed by atoms with van der Waals surface area (Å²) in [6.45, 7) is 5.18. The second kappa shape index (κ2) is 25.4. The van der Waals surface area contributed by atoms with E-state index in [2.05, 4.69) is 20.9 Å². The van der Waals surface area contributed by atoms with E-state index >= 15 is 0 Å². The number of carbonyl (C=O) groups is 7. The molecule has 69 heavy (non-hydrogen) atoms. The molecule has 0 fully saturated rings. The van der Waals surface area contributed by atoms with Crippen molar-refractivity contribution < 1.29 is 47.8 Å². The average Bonchev–Trinajstić information content (AvgIpc) is 3.74. The molecule has 0 spiro atoms. The molecule has 0 saturated carbocycles. The number of benzene rings is 4. The summed E-state index contributed by atoms with van der Waals surface area (Å²) >= 11 is 0. The molecule has 0 aliphatic heterocycles. The van der Waals surface area contributed by atoms with Crippen molar-refractivity contribution in [1.29, 1.82) is 0 Å². The lowest BCUT2D eigenvalue weighted by atomic mass is 10.0. The van der Waals surface area contributed by atoms with E-state index in [4.69, 9.17) is 19.9 Å². The lowest BCUT2D eigenvalue weighted by Crippen LogP contribution is -2.59. The largest absolute Gasteiger partial charge is 0.461 e. The Hall–Kier alpha value is -7.69. The van der Waals surface area contributed by atoms with Crippen molar-refractivity contribution in [3.63, 3.8) is 0 Å². The quantitative estimate of drug-likeness (QED) is 0.0305. The molecule has 0 bridgehead atoms. The highest BCUT2D eigenvalue weighted by Gasteiger charge is 2.39. The minimum absolute atomic E-state index is 0.00403. The van der Waals surface area contributed by atoms with Crippen LogP contribution in [0.2, 0.25) is 0 Å². The third kappa shape index (κ3) is 16.6. The van der Waals surface area contributed by atoms with Gasteiger partial charge in [0, 0.05) is 50.6 Å². The highest BCUT2D eigenvalue weighted by molar-refractivity contribution is 5.97. The summed E-state index contributed by atoms with van der Waals surface area (Å²) in [5, 5.41) is 9.01. The fraction of sp³-hybridized carbons (Fsp3) is 0.365. The van der Waals surface area contributed by atoms with Crippen molar-refractivity contribution in [2.24, 2.45) is 5.73 Å². The summed E-state index contributed by atoms with van der Waals surface area (Å²) in [5.41, 5.74) is 8.69. The number of esters is 1. The molecule has 4 atom stereocenters. The summed E-state index contributed by atoms with van der Waals surface area (Å²) in [7, 11) is 2.70. The number of nitrogens with one attached hydrogen (secondary N) is 4. The number of aromatic amines is 1. The number of amides is 6. The van der Waals surface area contributed by atoms with Gasteiger partial charge in [-0.2, -0.15) is 0 Å². The lowest BCUT2D eigenvalue weighted by molar-refractivity contribution is -0.155. The van der Waals surface area contributed by atoms with Crippen LogP contribution in [0.5, 0.6) is 0 Å². The van der Waals surface area contributed by atoms with Gasteiger partial charge in [-0.3, -0.25) is 24.0 Å². The SMILES string of the molecule is CN(C(=O)[C@H](CCCCNC(=O)OCc1ccccc1)NC(=O)[C@H](Cc1c[nH]c2ccccc12)NC(=O)OC(C)(C)C)[C@@H](CC(=O)OCc1ccccc1)C(=O)N(C)[C@@H](Cc1ccccc1)C(N)=O. The zero-order chi connectivity index (χ0) is 49.9. The first-order chi connectivity index (χ1) is 33.0. The number of carbonyl (C=O) groups excluding carboxylic acids is 7. The topological polar surface area (TPSA) is 232 Å². The Balaban J connectivity index is 1.41. The molecular weight excluding hydrogens is 883 g/mol. The Bertz CT molecular complexity index is 2490. The minimum Gasteiger partial charge on any atom is -0.461 e. The molecule has 0 aliphatic carbocycles. The molecule has 6 amide bonds. The zero-order valence-corrected chi connectivity index (χ0v) is 39.8. The van der Waals surface area contributed by atoms with E-state index in [9.17, 15) is 33.6 Å². The molecule has 17 heteroatoms. The summed E-state index contributed by atoms with van der Waals surface area (Å²) < 4.78 is 16.4. The van der Waals surface area contributed by atoms with Gasteiger partial charge < -0.3 is 50.7 Å².